The minimum Gasteiger partial charge on any atom is -0.495 e. The summed E-state index contributed by atoms with van der Waals surface area (Å²) >= 11 is 0. The van der Waals surface area contributed by atoms with Crippen LogP contribution >= 0.6 is 0 Å². The van der Waals surface area contributed by atoms with Crippen molar-refractivity contribution in [3.8, 4) is 17.2 Å². The highest BCUT2D eigenvalue weighted by Gasteiger charge is 2.22. The van der Waals surface area contributed by atoms with Gasteiger partial charge < -0.3 is 45.1 Å². The van der Waals surface area contributed by atoms with Crippen molar-refractivity contribution >= 4 is 35.2 Å². The maximum absolute atomic E-state index is 13.8. The average molecular weight is 760 g/mol. The van der Waals surface area contributed by atoms with Crippen LogP contribution in [0.3, 0.4) is 0 Å². The van der Waals surface area contributed by atoms with Crippen LogP contribution in [0, 0.1) is 6.92 Å². The Morgan fingerprint density at radius 1 is 0.873 bits per heavy atom. The fourth-order valence-corrected chi connectivity index (χ4v) is 6.02. The highest BCUT2D eigenvalue weighted by Crippen LogP contribution is 2.32. The van der Waals surface area contributed by atoms with E-state index in [1.807, 2.05) is 30.0 Å². The number of piperidine rings is 1. The second kappa shape index (κ2) is 20.4. The number of benzene rings is 3. The van der Waals surface area contributed by atoms with E-state index in [0.717, 1.165) is 50.8 Å². The Morgan fingerprint density at radius 2 is 1.58 bits per heavy atom. The topological polar surface area (TPSA) is 162 Å². The van der Waals surface area contributed by atoms with Crippen molar-refractivity contribution in [3.63, 3.8) is 0 Å². The van der Waals surface area contributed by atoms with Gasteiger partial charge in [0.05, 0.1) is 37.3 Å². The third kappa shape index (κ3) is 13.2. The van der Waals surface area contributed by atoms with Crippen LogP contribution in [0.5, 0.6) is 17.2 Å². The predicted molar refractivity (Wildman–Crippen MR) is 213 cm³/mol. The van der Waals surface area contributed by atoms with E-state index in [1.54, 1.807) is 70.3 Å². The lowest BCUT2D eigenvalue weighted by Gasteiger charge is -2.30. The second-order valence-electron chi connectivity index (χ2n) is 14.7. The zero-order valence-corrected chi connectivity index (χ0v) is 33.1. The molecule has 1 heterocycles. The zero-order valence-electron chi connectivity index (χ0n) is 33.1. The number of likely N-dealkylation sites (tertiary alicyclic amines) is 1. The molecule has 1 saturated heterocycles. The van der Waals surface area contributed by atoms with Crippen molar-refractivity contribution in [2.24, 2.45) is 5.73 Å². The Kier molecular flexibility index (Phi) is 15.7. The van der Waals surface area contributed by atoms with Gasteiger partial charge in [0.1, 0.15) is 22.8 Å². The molecule has 3 aromatic carbocycles. The summed E-state index contributed by atoms with van der Waals surface area (Å²) in [5.41, 5.74) is 8.03. The molecule has 13 nitrogen and oxygen atoms in total. The molecule has 4 amide bonds. The Bertz CT molecular complexity index is 1770. The lowest BCUT2D eigenvalue weighted by molar-refractivity contribution is -0.132. The van der Waals surface area contributed by atoms with Crippen molar-refractivity contribution in [3.05, 3.63) is 77.4 Å². The number of anilines is 2. The Morgan fingerprint density at radius 3 is 2.31 bits per heavy atom. The Labute approximate surface area is 324 Å². The number of para-hydroxylation sites is 1. The number of nitrogens with two attached hydrogens (primary N) is 1. The van der Waals surface area contributed by atoms with Gasteiger partial charge in [-0.05, 0) is 114 Å². The maximum atomic E-state index is 13.8. The van der Waals surface area contributed by atoms with Crippen LogP contribution in [-0.2, 0) is 9.53 Å². The summed E-state index contributed by atoms with van der Waals surface area (Å²) in [6.07, 6.45) is 4.66. The number of alkyl carbamates (subject to hydrolysis) is 1. The number of aryl methyl sites for hydroxylation is 1. The van der Waals surface area contributed by atoms with Gasteiger partial charge in [0.15, 0.2) is 0 Å². The molecule has 4 rings (SSSR count). The minimum atomic E-state index is -0.586. The van der Waals surface area contributed by atoms with Crippen molar-refractivity contribution in [1.82, 2.24) is 10.2 Å². The lowest BCUT2D eigenvalue weighted by Crippen LogP contribution is -2.42. The fraction of sp³-hybridized carbons (Fsp3) is 0.476. The van der Waals surface area contributed by atoms with Gasteiger partial charge in [-0.2, -0.15) is 0 Å². The van der Waals surface area contributed by atoms with Crippen molar-refractivity contribution < 1.29 is 38.1 Å². The van der Waals surface area contributed by atoms with Gasteiger partial charge in [-0.1, -0.05) is 18.2 Å². The van der Waals surface area contributed by atoms with Gasteiger partial charge in [0.2, 0.25) is 5.91 Å². The number of carbonyl (C=O) groups is 4. The number of methoxy groups -OCH3 is 1. The highest BCUT2D eigenvalue weighted by molar-refractivity contribution is 6.09. The van der Waals surface area contributed by atoms with E-state index in [9.17, 15) is 19.2 Å². The first kappa shape index (κ1) is 42.4. The van der Waals surface area contributed by atoms with E-state index in [1.165, 1.54) is 12.0 Å². The maximum Gasteiger partial charge on any atom is 0.407 e. The third-order valence-corrected chi connectivity index (χ3v) is 9.04. The standard InChI is InChI=1S/C42H57N5O8/c1-29-16-19-34(37(27-29)54-25-11-7-8-15-38(48)47-23-20-31(43)21-24-47)46(5)40(50)30-17-18-33(36(28-30)52-6)45-39(49)32-13-9-10-14-35(32)53-26-12-22-44-41(51)55-42(2,3)4/h9-10,13-14,16-19,27-28,31H,7-8,11-12,15,20-26,43H2,1-6H3,(H,44,51)(H,45,49). The number of hydrogen-bond donors (Lipinski definition) is 3. The predicted octanol–water partition coefficient (Wildman–Crippen LogP) is 6.72. The molecule has 0 atom stereocenters. The largest absolute Gasteiger partial charge is 0.495 e. The molecule has 0 spiro atoms. The molecule has 0 aromatic heterocycles. The summed E-state index contributed by atoms with van der Waals surface area (Å²) < 4.78 is 22.9. The van der Waals surface area contributed by atoms with Crippen LogP contribution in [0.4, 0.5) is 16.2 Å². The van der Waals surface area contributed by atoms with Crippen LogP contribution in [0.1, 0.15) is 92.0 Å². The fourth-order valence-electron chi connectivity index (χ4n) is 6.02. The molecule has 1 fully saturated rings. The number of ether oxygens (including phenoxy) is 4. The second-order valence-corrected chi connectivity index (χ2v) is 14.7. The van der Waals surface area contributed by atoms with Gasteiger partial charge in [-0.3, -0.25) is 14.4 Å². The van der Waals surface area contributed by atoms with Gasteiger partial charge in [0.25, 0.3) is 11.8 Å². The normalized spacial score (nSPS) is 13.1. The summed E-state index contributed by atoms with van der Waals surface area (Å²) in [6.45, 7) is 9.89. The van der Waals surface area contributed by atoms with Gasteiger partial charge in [0, 0.05) is 44.7 Å². The van der Waals surface area contributed by atoms with Gasteiger partial charge in [-0.25, -0.2) is 4.79 Å². The van der Waals surface area contributed by atoms with E-state index in [0.29, 0.717) is 65.7 Å². The van der Waals surface area contributed by atoms with E-state index >= 15 is 0 Å². The summed E-state index contributed by atoms with van der Waals surface area (Å²) in [5.74, 6) is 0.763. The number of rotatable bonds is 17. The zero-order chi connectivity index (χ0) is 40.0. The average Bonchev–Trinajstić information content (AvgIpc) is 3.15. The van der Waals surface area contributed by atoms with E-state index in [2.05, 4.69) is 10.6 Å². The Hall–Kier alpha value is -5.30. The van der Waals surface area contributed by atoms with Crippen LogP contribution in [0.15, 0.2) is 60.7 Å². The molecule has 1 aliphatic rings. The van der Waals surface area contributed by atoms with Crippen LogP contribution in [0.25, 0.3) is 0 Å². The minimum absolute atomic E-state index is 0.190. The first-order chi connectivity index (χ1) is 26.3. The van der Waals surface area contributed by atoms with E-state index < -0.39 is 17.6 Å². The molecule has 55 heavy (non-hydrogen) atoms. The summed E-state index contributed by atoms with van der Waals surface area (Å²) in [6, 6.07) is 17.6. The number of carbonyl (C=O) groups excluding carboxylic acids is 4. The quantitative estimate of drug-likeness (QED) is 0.127. The molecule has 0 radical (unpaired) electrons. The molecule has 3 aromatic rings. The van der Waals surface area contributed by atoms with Gasteiger partial charge >= 0.3 is 6.09 Å². The van der Waals surface area contributed by atoms with Gasteiger partial charge in [-0.15, -0.1) is 0 Å². The molecule has 298 valence electrons. The number of amides is 4. The first-order valence-corrected chi connectivity index (χ1v) is 19.0. The lowest BCUT2D eigenvalue weighted by atomic mass is 10.1. The molecule has 0 bridgehead atoms. The van der Waals surface area contributed by atoms with Crippen LogP contribution in [0.2, 0.25) is 0 Å². The van der Waals surface area contributed by atoms with E-state index in [-0.39, 0.29) is 24.5 Å². The summed E-state index contributed by atoms with van der Waals surface area (Å²) in [5, 5.41) is 5.56. The number of unbranched alkanes of at least 4 members (excludes halogenated alkanes) is 2. The third-order valence-electron chi connectivity index (χ3n) is 9.04. The molecular weight excluding hydrogens is 702 g/mol. The molecule has 0 unspecified atom stereocenters. The smallest absolute Gasteiger partial charge is 0.407 e. The monoisotopic (exact) mass is 759 g/mol. The van der Waals surface area contributed by atoms with E-state index in [4.69, 9.17) is 24.7 Å². The molecular formula is C42H57N5O8. The Balaban J connectivity index is 1.31. The van der Waals surface area contributed by atoms with Crippen molar-refractivity contribution in [1.29, 1.82) is 0 Å². The number of hydrogen-bond acceptors (Lipinski definition) is 9. The highest BCUT2D eigenvalue weighted by atomic mass is 16.6. The molecule has 4 N–H and O–H groups in total. The number of nitrogens with one attached hydrogen (secondary N) is 2. The summed E-state index contributed by atoms with van der Waals surface area (Å²) in [7, 11) is 3.16. The summed E-state index contributed by atoms with van der Waals surface area (Å²) in [4.78, 5) is 55.0. The molecule has 1 aliphatic heterocycles. The molecule has 0 saturated carbocycles. The molecule has 13 heteroatoms. The van der Waals surface area contributed by atoms with Crippen LogP contribution in [-0.4, -0.2) is 87.4 Å². The van der Waals surface area contributed by atoms with Crippen LogP contribution < -0.4 is 35.5 Å². The SMILES string of the molecule is COc1cc(C(=O)N(C)c2ccc(C)cc2OCCCCCC(=O)N2CCC(N)CC2)ccc1NC(=O)c1ccccc1OCCCNC(=O)OC(C)(C)C. The number of nitrogens with zero attached hydrogens (tertiary/aromatic N) is 2. The first-order valence-electron chi connectivity index (χ1n) is 19.0. The van der Waals surface area contributed by atoms with Crippen molar-refractivity contribution in [2.45, 2.75) is 84.3 Å². The van der Waals surface area contributed by atoms with Crippen molar-refractivity contribution in [2.75, 3.05) is 57.2 Å². The molecule has 0 aliphatic carbocycles.